The molecular formula is C30H35N5O3. The van der Waals surface area contributed by atoms with Gasteiger partial charge in [0.15, 0.2) is 0 Å². The fourth-order valence-electron chi connectivity index (χ4n) is 4.78. The first-order valence-electron chi connectivity index (χ1n) is 12.9. The van der Waals surface area contributed by atoms with Gasteiger partial charge in [0.05, 0.1) is 0 Å². The van der Waals surface area contributed by atoms with Gasteiger partial charge < -0.3 is 25.8 Å². The minimum atomic E-state index is -0.357. The average Bonchev–Trinajstić information content (AvgIpc) is 2.93. The number of pyridine rings is 1. The Labute approximate surface area is 223 Å². The molecule has 4 rings (SSSR count). The van der Waals surface area contributed by atoms with E-state index in [0.29, 0.717) is 28.8 Å². The lowest BCUT2D eigenvalue weighted by molar-refractivity contribution is -0.111. The van der Waals surface area contributed by atoms with Gasteiger partial charge in [-0.25, -0.2) is 0 Å². The third kappa shape index (κ3) is 6.03. The summed E-state index contributed by atoms with van der Waals surface area (Å²) in [7, 11) is 0. The van der Waals surface area contributed by atoms with Gasteiger partial charge in [0.2, 0.25) is 5.91 Å². The van der Waals surface area contributed by atoms with E-state index in [1.807, 2.05) is 44.2 Å². The molecule has 3 aromatic rings. The second kappa shape index (κ2) is 11.9. The van der Waals surface area contributed by atoms with Gasteiger partial charge in [0.1, 0.15) is 0 Å². The molecule has 2 heterocycles. The normalized spacial score (nSPS) is 13.2. The first kappa shape index (κ1) is 26.9. The van der Waals surface area contributed by atoms with Crippen LogP contribution in [0.5, 0.6) is 0 Å². The van der Waals surface area contributed by atoms with Crippen molar-refractivity contribution in [3.8, 4) is 11.1 Å². The summed E-state index contributed by atoms with van der Waals surface area (Å²) in [6.45, 7) is 13.1. The molecule has 1 aliphatic heterocycles. The molecule has 8 nitrogen and oxygen atoms in total. The summed E-state index contributed by atoms with van der Waals surface area (Å²) in [6, 6.07) is 13.9. The van der Waals surface area contributed by atoms with E-state index in [1.54, 1.807) is 6.92 Å². The lowest BCUT2D eigenvalue weighted by Gasteiger charge is -2.29. The zero-order valence-electron chi connectivity index (χ0n) is 22.2. The number of nitrogens with zero attached hydrogens (tertiary/aromatic N) is 1. The highest BCUT2D eigenvalue weighted by atomic mass is 16.2. The van der Waals surface area contributed by atoms with Crippen LogP contribution in [0.25, 0.3) is 11.1 Å². The van der Waals surface area contributed by atoms with E-state index in [9.17, 15) is 14.4 Å². The van der Waals surface area contributed by atoms with Crippen molar-refractivity contribution in [1.29, 1.82) is 0 Å². The summed E-state index contributed by atoms with van der Waals surface area (Å²) in [5.41, 5.74) is 6.50. The van der Waals surface area contributed by atoms with Gasteiger partial charge in [-0.3, -0.25) is 14.4 Å². The Morgan fingerprint density at radius 2 is 1.76 bits per heavy atom. The minimum Gasteiger partial charge on any atom is -0.369 e. The molecule has 0 spiro atoms. The van der Waals surface area contributed by atoms with Crippen molar-refractivity contribution in [3.63, 3.8) is 0 Å². The van der Waals surface area contributed by atoms with E-state index in [-0.39, 0.29) is 23.9 Å². The lowest BCUT2D eigenvalue weighted by atomic mass is 9.96. The van der Waals surface area contributed by atoms with Crippen LogP contribution in [0.15, 0.2) is 59.9 Å². The fraction of sp³-hybridized carbons (Fsp3) is 0.300. The van der Waals surface area contributed by atoms with E-state index in [2.05, 4.69) is 44.5 Å². The molecule has 198 valence electrons. The summed E-state index contributed by atoms with van der Waals surface area (Å²) in [6.07, 6.45) is 1.89. The van der Waals surface area contributed by atoms with Crippen molar-refractivity contribution >= 4 is 23.2 Å². The number of hydrogen-bond acceptors (Lipinski definition) is 5. The van der Waals surface area contributed by atoms with Crippen LogP contribution >= 0.6 is 0 Å². The topological polar surface area (TPSA) is 106 Å². The van der Waals surface area contributed by atoms with Gasteiger partial charge in [-0.1, -0.05) is 25.6 Å². The van der Waals surface area contributed by atoms with Gasteiger partial charge >= 0.3 is 0 Å². The molecule has 0 bridgehead atoms. The van der Waals surface area contributed by atoms with Crippen LogP contribution < -0.4 is 26.4 Å². The van der Waals surface area contributed by atoms with Gasteiger partial charge in [-0.15, -0.1) is 0 Å². The Balaban J connectivity index is 1.65. The van der Waals surface area contributed by atoms with Gasteiger partial charge in [0, 0.05) is 60.9 Å². The number of carbonyl (C=O) groups is 2. The summed E-state index contributed by atoms with van der Waals surface area (Å²) >= 11 is 0. The molecular weight excluding hydrogens is 478 g/mol. The highest BCUT2D eigenvalue weighted by Crippen LogP contribution is 2.30. The van der Waals surface area contributed by atoms with E-state index in [4.69, 9.17) is 0 Å². The first-order valence-corrected chi connectivity index (χ1v) is 12.9. The number of benzene rings is 2. The molecule has 0 radical (unpaired) electrons. The van der Waals surface area contributed by atoms with E-state index in [1.165, 1.54) is 6.08 Å². The van der Waals surface area contributed by atoms with E-state index < -0.39 is 0 Å². The monoisotopic (exact) mass is 513 g/mol. The fourth-order valence-corrected chi connectivity index (χ4v) is 4.78. The highest BCUT2D eigenvalue weighted by Gasteiger charge is 2.18. The van der Waals surface area contributed by atoms with Crippen LogP contribution in [0.2, 0.25) is 0 Å². The molecule has 1 fully saturated rings. The molecule has 1 aromatic heterocycles. The third-order valence-electron chi connectivity index (χ3n) is 6.95. The van der Waals surface area contributed by atoms with Gasteiger partial charge in [-0.2, -0.15) is 0 Å². The van der Waals surface area contributed by atoms with Crippen molar-refractivity contribution in [2.24, 2.45) is 0 Å². The SMILES string of the molecule is C=CC(=O)Nc1cc(-c2ccc(N3CCNCC3)cc2)cc(C(=O)NCc2c(CC)cc(C)[nH]c2=O)c1C. The second-order valence-electron chi connectivity index (χ2n) is 9.50. The molecule has 2 amide bonds. The predicted octanol–water partition coefficient (Wildman–Crippen LogP) is 3.69. The summed E-state index contributed by atoms with van der Waals surface area (Å²) < 4.78 is 0. The third-order valence-corrected chi connectivity index (χ3v) is 6.95. The number of aryl methyl sites for hydroxylation is 2. The number of aromatic amines is 1. The smallest absolute Gasteiger partial charge is 0.253 e. The van der Waals surface area contributed by atoms with Crippen molar-refractivity contribution in [2.45, 2.75) is 33.7 Å². The molecule has 0 atom stereocenters. The van der Waals surface area contributed by atoms with Crippen molar-refractivity contribution in [2.75, 3.05) is 36.4 Å². The van der Waals surface area contributed by atoms with Crippen LogP contribution in [0.1, 0.15) is 39.7 Å². The number of H-pyrrole nitrogens is 1. The summed E-state index contributed by atoms with van der Waals surface area (Å²) in [4.78, 5) is 43.3. The Hall–Kier alpha value is -4.17. The number of aromatic nitrogens is 1. The quantitative estimate of drug-likeness (QED) is 0.344. The average molecular weight is 514 g/mol. The molecule has 4 N–H and O–H groups in total. The molecule has 1 aliphatic rings. The van der Waals surface area contributed by atoms with Crippen molar-refractivity contribution in [1.82, 2.24) is 15.6 Å². The molecule has 0 unspecified atom stereocenters. The van der Waals surface area contributed by atoms with Crippen molar-refractivity contribution in [3.05, 3.63) is 93.4 Å². The number of hydrogen-bond donors (Lipinski definition) is 4. The first-order chi connectivity index (χ1) is 18.3. The Bertz CT molecular complexity index is 1400. The second-order valence-corrected chi connectivity index (χ2v) is 9.50. The molecule has 0 saturated carbocycles. The number of amides is 2. The maximum absolute atomic E-state index is 13.4. The molecule has 1 saturated heterocycles. The largest absolute Gasteiger partial charge is 0.369 e. The summed E-state index contributed by atoms with van der Waals surface area (Å²) in [5, 5.41) is 9.10. The van der Waals surface area contributed by atoms with E-state index >= 15 is 0 Å². The number of carbonyl (C=O) groups excluding carboxylic acids is 2. The number of anilines is 2. The number of piperazine rings is 1. The zero-order chi connectivity index (χ0) is 27.2. The summed E-state index contributed by atoms with van der Waals surface area (Å²) in [5.74, 6) is -0.678. The van der Waals surface area contributed by atoms with E-state index in [0.717, 1.165) is 54.3 Å². The molecule has 2 aromatic carbocycles. The Morgan fingerprint density at radius 1 is 1.05 bits per heavy atom. The van der Waals surface area contributed by atoms with Crippen LogP contribution in [0.3, 0.4) is 0 Å². The molecule has 0 aliphatic carbocycles. The van der Waals surface area contributed by atoms with Crippen LogP contribution in [-0.4, -0.2) is 43.0 Å². The van der Waals surface area contributed by atoms with Crippen LogP contribution in [0, 0.1) is 13.8 Å². The maximum atomic E-state index is 13.4. The van der Waals surface area contributed by atoms with Gasteiger partial charge in [0.25, 0.3) is 11.5 Å². The highest BCUT2D eigenvalue weighted by molar-refractivity contribution is 6.03. The molecule has 38 heavy (non-hydrogen) atoms. The maximum Gasteiger partial charge on any atom is 0.253 e. The zero-order valence-corrected chi connectivity index (χ0v) is 22.2. The Morgan fingerprint density at radius 3 is 2.42 bits per heavy atom. The number of nitrogens with one attached hydrogen (secondary N) is 4. The van der Waals surface area contributed by atoms with Crippen molar-refractivity contribution < 1.29 is 9.59 Å². The lowest BCUT2D eigenvalue weighted by Crippen LogP contribution is -2.43. The van der Waals surface area contributed by atoms with Gasteiger partial charge in [-0.05, 0) is 78.9 Å². The predicted molar refractivity (Wildman–Crippen MR) is 153 cm³/mol. The van der Waals surface area contributed by atoms with Crippen LogP contribution in [0.4, 0.5) is 11.4 Å². The van der Waals surface area contributed by atoms with Crippen LogP contribution in [-0.2, 0) is 17.8 Å². The Kier molecular flexibility index (Phi) is 8.43. The molecule has 8 heteroatoms. The number of rotatable bonds is 8. The standard InChI is InChI=1S/C30H35N5O3/c1-5-21-15-19(3)33-30(38)26(21)18-32-29(37)25-16-23(17-27(20(25)4)34-28(36)6-2)22-7-9-24(10-8-22)35-13-11-31-12-14-35/h6-10,15-17,31H,2,5,11-14,18H2,1,3-4H3,(H,32,37)(H,33,38)(H,34,36). The minimum absolute atomic E-state index is 0.106.